The van der Waals surface area contributed by atoms with E-state index in [1.807, 2.05) is 6.07 Å². The SMILES string of the molecule is CC(C)C[N+]Cc1ccccc1. The van der Waals surface area contributed by atoms with Gasteiger partial charge in [0, 0.05) is 11.5 Å². The van der Waals surface area contributed by atoms with Crippen LogP contribution in [0, 0.1) is 5.92 Å². The number of hydrogen-bond acceptors (Lipinski definition) is 0. The highest BCUT2D eigenvalue weighted by Gasteiger charge is 2.06. The Hall–Kier alpha value is -0.820. The van der Waals surface area contributed by atoms with E-state index in [9.17, 15) is 0 Å². The highest BCUT2D eigenvalue weighted by molar-refractivity contribution is 5.14. The van der Waals surface area contributed by atoms with Crippen LogP contribution < -0.4 is 5.32 Å². The molecule has 1 aromatic rings. The van der Waals surface area contributed by atoms with Crippen LogP contribution in [0.2, 0.25) is 0 Å². The van der Waals surface area contributed by atoms with Gasteiger partial charge in [0.2, 0.25) is 6.54 Å². The first-order chi connectivity index (χ1) is 5.79. The van der Waals surface area contributed by atoms with Gasteiger partial charge in [-0.1, -0.05) is 44.2 Å². The van der Waals surface area contributed by atoms with Crippen LogP contribution in [0.4, 0.5) is 0 Å². The molecule has 1 rings (SSSR count). The van der Waals surface area contributed by atoms with Crippen molar-refractivity contribution in [3.8, 4) is 0 Å². The molecule has 0 aliphatic heterocycles. The molecule has 0 amide bonds. The number of rotatable bonds is 4. The van der Waals surface area contributed by atoms with Crippen LogP contribution in [0.25, 0.3) is 0 Å². The average Bonchev–Trinajstić information content (AvgIpc) is 2.05. The van der Waals surface area contributed by atoms with Gasteiger partial charge in [0.05, 0.1) is 5.32 Å². The lowest BCUT2D eigenvalue weighted by molar-refractivity contribution is 0.543. The van der Waals surface area contributed by atoms with Gasteiger partial charge >= 0.3 is 0 Å². The maximum absolute atomic E-state index is 4.44. The molecule has 0 aliphatic rings. The molecule has 0 bridgehead atoms. The zero-order chi connectivity index (χ0) is 8.81. The van der Waals surface area contributed by atoms with Gasteiger partial charge in [0.25, 0.3) is 0 Å². The van der Waals surface area contributed by atoms with E-state index in [0.29, 0.717) is 5.92 Å². The van der Waals surface area contributed by atoms with Gasteiger partial charge < -0.3 is 0 Å². The van der Waals surface area contributed by atoms with Gasteiger partial charge in [-0.3, -0.25) is 0 Å². The highest BCUT2D eigenvalue weighted by Crippen LogP contribution is 1.98. The van der Waals surface area contributed by atoms with E-state index in [4.69, 9.17) is 0 Å². The third-order valence-corrected chi connectivity index (χ3v) is 1.63. The van der Waals surface area contributed by atoms with Crippen molar-refractivity contribution in [2.75, 3.05) is 6.54 Å². The van der Waals surface area contributed by atoms with Crippen LogP contribution in [0.5, 0.6) is 0 Å². The second kappa shape index (κ2) is 4.94. The lowest BCUT2D eigenvalue weighted by Crippen LogP contribution is -2.11. The quantitative estimate of drug-likeness (QED) is 0.645. The molecular formula is C11H16N+. The van der Waals surface area contributed by atoms with Crippen molar-refractivity contribution in [3.05, 3.63) is 35.9 Å². The summed E-state index contributed by atoms with van der Waals surface area (Å²) in [5.74, 6) is 0.675. The van der Waals surface area contributed by atoms with Gasteiger partial charge in [-0.05, 0) is 0 Å². The van der Waals surface area contributed by atoms with Gasteiger partial charge in [-0.15, -0.1) is 0 Å². The minimum Gasteiger partial charge on any atom is -0.0622 e. The van der Waals surface area contributed by atoms with E-state index in [1.165, 1.54) is 5.56 Å². The van der Waals surface area contributed by atoms with Gasteiger partial charge in [0.1, 0.15) is 0 Å². The Morgan fingerprint density at radius 3 is 2.42 bits per heavy atom. The number of benzene rings is 1. The van der Waals surface area contributed by atoms with E-state index >= 15 is 0 Å². The molecule has 0 N–H and O–H groups in total. The summed E-state index contributed by atoms with van der Waals surface area (Å²) >= 11 is 0. The Labute approximate surface area is 74.8 Å². The maximum Gasteiger partial charge on any atom is 0.208 e. The minimum absolute atomic E-state index is 0.675. The molecule has 1 nitrogen and oxygen atoms in total. The first kappa shape index (κ1) is 9.27. The molecule has 1 heteroatoms. The molecule has 0 spiro atoms. The minimum atomic E-state index is 0.675. The molecule has 0 aliphatic carbocycles. The fourth-order valence-corrected chi connectivity index (χ4v) is 1.04. The van der Waals surface area contributed by atoms with E-state index in [2.05, 4.69) is 43.4 Å². The summed E-state index contributed by atoms with van der Waals surface area (Å²) in [5.41, 5.74) is 1.30. The largest absolute Gasteiger partial charge is 0.208 e. The van der Waals surface area contributed by atoms with E-state index in [-0.39, 0.29) is 0 Å². The Balaban J connectivity index is 2.25. The summed E-state index contributed by atoms with van der Waals surface area (Å²) in [6.07, 6.45) is 0. The fraction of sp³-hybridized carbons (Fsp3) is 0.455. The molecule has 0 saturated carbocycles. The predicted octanol–water partition coefficient (Wildman–Crippen LogP) is 2.45. The molecule has 1 aromatic carbocycles. The zero-order valence-electron chi connectivity index (χ0n) is 7.83. The van der Waals surface area contributed by atoms with Gasteiger partial charge in [-0.25, -0.2) is 0 Å². The maximum atomic E-state index is 4.44. The molecule has 0 unspecified atom stereocenters. The summed E-state index contributed by atoms with van der Waals surface area (Å²) in [7, 11) is 0. The van der Waals surface area contributed by atoms with Gasteiger partial charge in [0.15, 0.2) is 6.54 Å². The second-order valence-electron chi connectivity index (χ2n) is 3.44. The molecule has 64 valence electrons. The second-order valence-corrected chi connectivity index (χ2v) is 3.44. The van der Waals surface area contributed by atoms with Crippen molar-refractivity contribution in [2.45, 2.75) is 20.4 Å². The molecule has 0 atom stereocenters. The number of nitrogens with zero attached hydrogens (tertiary/aromatic N) is 1. The Kier molecular flexibility index (Phi) is 3.81. The first-order valence-electron chi connectivity index (χ1n) is 4.46. The highest BCUT2D eigenvalue weighted by atomic mass is 14.8. The van der Waals surface area contributed by atoms with Crippen molar-refractivity contribution in [2.24, 2.45) is 5.92 Å². The van der Waals surface area contributed by atoms with Crippen molar-refractivity contribution >= 4 is 0 Å². The standard InChI is InChI=1S/C11H16N/c1-10(2)8-12-9-11-6-4-3-5-7-11/h3-7,10H,8-9H2,1-2H3/q+1. The topological polar surface area (TPSA) is 14.1 Å². The molecule has 0 heterocycles. The summed E-state index contributed by atoms with van der Waals surface area (Å²) in [6.45, 7) is 6.21. The summed E-state index contributed by atoms with van der Waals surface area (Å²) in [4.78, 5) is 0. The normalized spacial score (nSPS) is 10.6. The molecular weight excluding hydrogens is 146 g/mol. The van der Waals surface area contributed by atoms with E-state index in [1.54, 1.807) is 0 Å². The van der Waals surface area contributed by atoms with Crippen molar-refractivity contribution in [3.63, 3.8) is 0 Å². The lowest BCUT2D eigenvalue weighted by atomic mass is 10.2. The van der Waals surface area contributed by atoms with Crippen molar-refractivity contribution in [1.82, 2.24) is 5.32 Å². The Morgan fingerprint density at radius 2 is 1.83 bits per heavy atom. The molecule has 2 radical (unpaired) electrons. The van der Waals surface area contributed by atoms with Crippen LogP contribution in [0.1, 0.15) is 19.4 Å². The third kappa shape index (κ3) is 3.54. The van der Waals surface area contributed by atoms with Crippen molar-refractivity contribution in [1.29, 1.82) is 0 Å². The van der Waals surface area contributed by atoms with Crippen LogP contribution in [-0.4, -0.2) is 6.54 Å². The Morgan fingerprint density at radius 1 is 1.17 bits per heavy atom. The fourth-order valence-electron chi connectivity index (χ4n) is 1.04. The van der Waals surface area contributed by atoms with Crippen LogP contribution >= 0.6 is 0 Å². The van der Waals surface area contributed by atoms with E-state index in [0.717, 1.165) is 13.1 Å². The molecule has 0 fully saturated rings. The summed E-state index contributed by atoms with van der Waals surface area (Å²) in [5, 5.41) is 4.44. The third-order valence-electron chi connectivity index (χ3n) is 1.63. The molecule has 0 saturated heterocycles. The smallest absolute Gasteiger partial charge is 0.0622 e. The predicted molar refractivity (Wildman–Crippen MR) is 52.0 cm³/mol. The Bertz CT molecular complexity index is 204. The zero-order valence-corrected chi connectivity index (χ0v) is 7.83. The van der Waals surface area contributed by atoms with Crippen LogP contribution in [0.15, 0.2) is 30.3 Å². The van der Waals surface area contributed by atoms with Crippen LogP contribution in [-0.2, 0) is 6.54 Å². The number of hydrogen-bond donors (Lipinski definition) is 0. The van der Waals surface area contributed by atoms with E-state index < -0.39 is 0 Å². The molecule has 12 heavy (non-hydrogen) atoms. The summed E-state index contributed by atoms with van der Waals surface area (Å²) < 4.78 is 0. The summed E-state index contributed by atoms with van der Waals surface area (Å²) in [6, 6.07) is 10.4. The monoisotopic (exact) mass is 162 g/mol. The first-order valence-corrected chi connectivity index (χ1v) is 4.46. The average molecular weight is 162 g/mol. The van der Waals surface area contributed by atoms with Crippen molar-refractivity contribution < 1.29 is 0 Å². The molecule has 0 aromatic heterocycles. The van der Waals surface area contributed by atoms with Gasteiger partial charge in [-0.2, -0.15) is 0 Å². The van der Waals surface area contributed by atoms with Crippen LogP contribution in [0.3, 0.4) is 0 Å². The lowest BCUT2D eigenvalue weighted by Gasteiger charge is -1.93.